The van der Waals surface area contributed by atoms with E-state index in [0.717, 1.165) is 66.8 Å². The van der Waals surface area contributed by atoms with E-state index in [1.54, 1.807) is 0 Å². The molecule has 9 rings (SSSR count). The second kappa shape index (κ2) is 10.8. The normalized spacial score (nSPS) is 11.5. The van der Waals surface area contributed by atoms with Crippen LogP contribution in [-0.2, 0) is 0 Å². The highest BCUT2D eigenvalue weighted by molar-refractivity contribution is 6.12. The Morgan fingerprint density at radius 3 is 1.17 bits per heavy atom. The predicted molar refractivity (Wildman–Crippen MR) is 192 cm³/mol. The van der Waals surface area contributed by atoms with E-state index in [-0.39, 0.29) is 0 Å². The molecule has 0 unspecified atom stereocenters. The summed E-state index contributed by atoms with van der Waals surface area (Å²) >= 11 is 0. The molecule has 3 heteroatoms. The molecule has 0 radical (unpaired) electrons. The second-order valence-corrected chi connectivity index (χ2v) is 11.6. The van der Waals surface area contributed by atoms with E-state index < -0.39 is 0 Å². The third-order valence-corrected chi connectivity index (χ3v) is 8.81. The van der Waals surface area contributed by atoms with Crippen molar-refractivity contribution in [1.29, 1.82) is 0 Å². The molecular weight excluding hydrogens is 558 g/mol. The molecule has 214 valence electrons. The largest absolute Gasteiger partial charge is 0.245 e. The molecule has 3 heterocycles. The minimum absolute atomic E-state index is 0.815. The van der Waals surface area contributed by atoms with Crippen LogP contribution in [0.2, 0.25) is 0 Å². The summed E-state index contributed by atoms with van der Waals surface area (Å²) in [6.07, 6.45) is 0. The van der Waals surface area contributed by atoms with Gasteiger partial charge in [0.2, 0.25) is 0 Å². The molecule has 9 aromatic rings. The first-order valence-electron chi connectivity index (χ1n) is 15.5. The number of hydrogen-bond acceptors (Lipinski definition) is 3. The summed E-state index contributed by atoms with van der Waals surface area (Å²) in [6.45, 7) is 0. The quantitative estimate of drug-likeness (QED) is 0.193. The number of pyridine rings is 3. The fourth-order valence-corrected chi connectivity index (χ4v) is 6.66. The Hall–Kier alpha value is -6.19. The van der Waals surface area contributed by atoms with Gasteiger partial charge in [-0.1, -0.05) is 127 Å². The number of aromatic nitrogens is 3. The van der Waals surface area contributed by atoms with Crippen molar-refractivity contribution in [1.82, 2.24) is 15.0 Å². The molecule has 3 nitrogen and oxygen atoms in total. The fourth-order valence-electron chi connectivity index (χ4n) is 6.66. The van der Waals surface area contributed by atoms with Gasteiger partial charge in [0.15, 0.2) is 0 Å². The summed E-state index contributed by atoms with van der Waals surface area (Å²) in [5.74, 6) is 0. The Bertz CT molecular complexity index is 2400. The van der Waals surface area contributed by atoms with E-state index >= 15 is 0 Å². The van der Waals surface area contributed by atoms with Gasteiger partial charge in [-0.3, -0.25) is 0 Å². The van der Waals surface area contributed by atoms with Gasteiger partial charge in [0.05, 0.1) is 33.8 Å². The molecule has 6 aromatic carbocycles. The van der Waals surface area contributed by atoms with Gasteiger partial charge in [-0.25, -0.2) is 15.0 Å². The topological polar surface area (TPSA) is 38.7 Å². The molecule has 3 aromatic heterocycles. The third-order valence-electron chi connectivity index (χ3n) is 8.81. The maximum absolute atomic E-state index is 5.26. The molecular formula is C43H27N3. The van der Waals surface area contributed by atoms with Gasteiger partial charge in [-0.05, 0) is 69.1 Å². The highest BCUT2D eigenvalue weighted by Gasteiger charge is 2.15. The van der Waals surface area contributed by atoms with Gasteiger partial charge in [-0.15, -0.1) is 0 Å². The number of rotatable bonds is 4. The minimum Gasteiger partial charge on any atom is -0.245 e. The highest BCUT2D eigenvalue weighted by atomic mass is 14.8. The first kappa shape index (κ1) is 26.2. The second-order valence-electron chi connectivity index (χ2n) is 11.6. The van der Waals surface area contributed by atoms with Crippen LogP contribution in [0, 0.1) is 0 Å². The van der Waals surface area contributed by atoms with Crippen molar-refractivity contribution in [3.05, 3.63) is 164 Å². The van der Waals surface area contributed by atoms with Crippen LogP contribution in [0.5, 0.6) is 0 Å². The molecule has 0 amide bonds. The Balaban J connectivity index is 1.21. The van der Waals surface area contributed by atoms with Crippen LogP contribution in [0.3, 0.4) is 0 Å². The van der Waals surface area contributed by atoms with E-state index in [0.29, 0.717) is 0 Å². The van der Waals surface area contributed by atoms with E-state index in [1.807, 2.05) is 18.2 Å². The first-order chi connectivity index (χ1) is 22.8. The van der Waals surface area contributed by atoms with Crippen molar-refractivity contribution < 1.29 is 0 Å². The Kier molecular flexibility index (Phi) is 6.14. The lowest BCUT2D eigenvalue weighted by Gasteiger charge is -2.13. The van der Waals surface area contributed by atoms with Crippen molar-refractivity contribution in [3.8, 4) is 45.0 Å². The highest BCUT2D eigenvalue weighted by Crippen LogP contribution is 2.38. The number of hydrogen-bond donors (Lipinski definition) is 0. The zero-order chi connectivity index (χ0) is 30.5. The molecule has 0 fully saturated rings. The summed E-state index contributed by atoms with van der Waals surface area (Å²) < 4.78 is 0. The molecule has 0 aliphatic carbocycles. The number of benzene rings is 6. The Morgan fingerprint density at radius 2 is 0.696 bits per heavy atom. The van der Waals surface area contributed by atoms with E-state index in [9.17, 15) is 0 Å². The standard InChI is InChI=1S/C43H27N3/c1-3-12-28(13-4-1)40-34-18-9-7-16-30(34)26-32-22-24-38(45-42(32)40)36-20-11-21-37(44-36)39-25-23-33-27-31-17-8-10-19-35(31)41(43(33)46-39)29-14-5-2-6-15-29/h1-27H. The summed E-state index contributed by atoms with van der Waals surface area (Å²) in [4.78, 5) is 15.7. The third kappa shape index (κ3) is 4.41. The van der Waals surface area contributed by atoms with Gasteiger partial charge < -0.3 is 0 Å². The fraction of sp³-hybridized carbons (Fsp3) is 0. The van der Waals surface area contributed by atoms with Crippen LogP contribution in [0.4, 0.5) is 0 Å². The molecule has 46 heavy (non-hydrogen) atoms. The Labute approximate surface area is 266 Å². The van der Waals surface area contributed by atoms with Crippen LogP contribution < -0.4 is 0 Å². The molecule has 0 bridgehead atoms. The molecule has 0 aliphatic rings. The summed E-state index contributed by atoms with van der Waals surface area (Å²) in [7, 11) is 0. The predicted octanol–water partition coefficient (Wildman–Crippen LogP) is 11.2. The molecule has 0 atom stereocenters. The maximum Gasteiger partial charge on any atom is 0.0894 e. The van der Waals surface area contributed by atoms with Crippen LogP contribution in [0.15, 0.2) is 164 Å². The lowest BCUT2D eigenvalue weighted by atomic mass is 9.94. The van der Waals surface area contributed by atoms with Gasteiger partial charge in [0.25, 0.3) is 0 Å². The van der Waals surface area contributed by atoms with Gasteiger partial charge in [0, 0.05) is 21.9 Å². The van der Waals surface area contributed by atoms with Crippen molar-refractivity contribution in [2.24, 2.45) is 0 Å². The van der Waals surface area contributed by atoms with Crippen molar-refractivity contribution in [3.63, 3.8) is 0 Å². The van der Waals surface area contributed by atoms with Crippen molar-refractivity contribution in [2.45, 2.75) is 0 Å². The molecule has 0 saturated heterocycles. The van der Waals surface area contributed by atoms with Gasteiger partial charge in [-0.2, -0.15) is 0 Å². The van der Waals surface area contributed by atoms with Gasteiger partial charge >= 0.3 is 0 Å². The molecule has 0 spiro atoms. The Morgan fingerprint density at radius 1 is 0.283 bits per heavy atom. The van der Waals surface area contributed by atoms with Crippen LogP contribution >= 0.6 is 0 Å². The maximum atomic E-state index is 5.26. The van der Waals surface area contributed by atoms with E-state index in [1.165, 1.54) is 21.5 Å². The summed E-state index contributed by atoms with van der Waals surface area (Å²) in [5.41, 5.74) is 9.82. The monoisotopic (exact) mass is 585 g/mol. The summed E-state index contributed by atoms with van der Waals surface area (Å²) in [6, 6.07) is 57.2. The first-order valence-corrected chi connectivity index (χ1v) is 15.5. The SMILES string of the molecule is c1ccc(-c2c3ccccc3cc3ccc(-c4cccc(-c5ccc6cc7ccccc7c(-c7ccccc7)c6n5)n4)nc23)cc1. The molecule has 0 saturated carbocycles. The van der Waals surface area contributed by atoms with Crippen LogP contribution in [0.1, 0.15) is 0 Å². The van der Waals surface area contributed by atoms with Gasteiger partial charge in [0.1, 0.15) is 0 Å². The van der Waals surface area contributed by atoms with E-state index in [4.69, 9.17) is 15.0 Å². The van der Waals surface area contributed by atoms with Crippen LogP contribution in [-0.4, -0.2) is 15.0 Å². The van der Waals surface area contributed by atoms with Crippen LogP contribution in [0.25, 0.3) is 88.4 Å². The molecule has 0 N–H and O–H groups in total. The number of nitrogens with zero attached hydrogens (tertiary/aromatic N) is 3. The lowest BCUT2D eigenvalue weighted by molar-refractivity contribution is 1.25. The van der Waals surface area contributed by atoms with Crippen molar-refractivity contribution >= 4 is 43.4 Å². The number of fused-ring (bicyclic) bond motifs is 4. The smallest absolute Gasteiger partial charge is 0.0894 e. The average Bonchev–Trinajstić information content (AvgIpc) is 3.13. The average molecular weight is 586 g/mol. The van der Waals surface area contributed by atoms with E-state index in [2.05, 4.69) is 146 Å². The summed E-state index contributed by atoms with van der Waals surface area (Å²) in [5, 5.41) is 7.00. The minimum atomic E-state index is 0.815. The molecule has 0 aliphatic heterocycles. The van der Waals surface area contributed by atoms with Crippen molar-refractivity contribution in [2.75, 3.05) is 0 Å². The zero-order valence-corrected chi connectivity index (χ0v) is 24.9. The zero-order valence-electron chi connectivity index (χ0n) is 24.9. The lowest BCUT2D eigenvalue weighted by Crippen LogP contribution is -1.95.